The molecule has 0 fully saturated rings. The summed E-state index contributed by atoms with van der Waals surface area (Å²) in [7, 11) is -2.84. The third-order valence-corrected chi connectivity index (χ3v) is 10.5. The van der Waals surface area contributed by atoms with E-state index in [-0.39, 0.29) is 12.3 Å². The monoisotopic (exact) mass is 516 g/mol. The van der Waals surface area contributed by atoms with Gasteiger partial charge in [0.15, 0.2) is 8.32 Å². The summed E-state index contributed by atoms with van der Waals surface area (Å²) in [6.07, 6.45) is -11.4. The lowest BCUT2D eigenvalue weighted by molar-refractivity contribution is -0.207. The Balaban J connectivity index is 1.92. The highest BCUT2D eigenvalue weighted by molar-refractivity contribution is 6.74. The molecule has 0 amide bonds. The minimum atomic E-state index is -4.76. The fourth-order valence-corrected chi connectivity index (χ4v) is 4.27. The van der Waals surface area contributed by atoms with Crippen LogP contribution in [0.2, 0.25) is 18.1 Å². The smallest absolute Gasteiger partial charge is 0.417 e. The second-order valence-corrected chi connectivity index (χ2v) is 14.5. The Hall–Kier alpha value is -2.66. The molecule has 0 aliphatic rings. The van der Waals surface area contributed by atoms with Crippen LogP contribution in [0.1, 0.15) is 49.5 Å². The fourth-order valence-electron chi connectivity index (χ4n) is 3.09. The Morgan fingerprint density at radius 2 is 1.49 bits per heavy atom. The molecule has 1 heterocycles. The average molecular weight is 517 g/mol. The molecule has 0 saturated carbocycles. The first kappa shape index (κ1) is 26.9. The van der Waals surface area contributed by atoms with Crippen LogP contribution in [0.25, 0.3) is 11.5 Å². The number of rotatable bonds is 6. The van der Waals surface area contributed by atoms with Crippen molar-refractivity contribution in [1.29, 1.82) is 0 Å². The van der Waals surface area contributed by atoms with E-state index in [1.807, 2.05) is 20.8 Å². The van der Waals surface area contributed by atoms with Crippen LogP contribution in [-0.2, 0) is 17.0 Å². The molecule has 0 spiro atoms. The van der Waals surface area contributed by atoms with E-state index in [0.717, 1.165) is 12.1 Å². The van der Waals surface area contributed by atoms with Gasteiger partial charge in [-0.15, -0.1) is 10.2 Å². The molecular formula is C24H26F6N2O2Si. The number of hydrogen-bond acceptors (Lipinski definition) is 4. The standard InChI is InChI=1S/C24H26F6N2O2Si/c1-22(2,3)35(4,5)34-19(24(28,29)30)21-32-31-20(33-21)18-9-7-6-8-16(18)14-15-10-12-17(13-11-15)23(25,26)27/h6-13,19H,14H2,1-5H3. The number of aromatic nitrogens is 2. The van der Waals surface area contributed by atoms with Crippen LogP contribution < -0.4 is 0 Å². The van der Waals surface area contributed by atoms with Gasteiger partial charge in [0.05, 0.1) is 5.56 Å². The van der Waals surface area contributed by atoms with Crippen molar-refractivity contribution in [2.75, 3.05) is 0 Å². The van der Waals surface area contributed by atoms with E-state index in [2.05, 4.69) is 10.2 Å². The fraction of sp³-hybridized carbons (Fsp3) is 0.417. The Kier molecular flexibility index (Phi) is 7.25. The summed E-state index contributed by atoms with van der Waals surface area (Å²) in [5.74, 6) is -0.822. The minimum absolute atomic E-state index is 0.129. The Morgan fingerprint density at radius 3 is 2.03 bits per heavy atom. The zero-order valence-corrected chi connectivity index (χ0v) is 20.9. The summed E-state index contributed by atoms with van der Waals surface area (Å²) in [6.45, 7) is 8.86. The molecule has 1 aromatic heterocycles. The first-order valence-corrected chi connectivity index (χ1v) is 13.7. The molecule has 11 heteroatoms. The van der Waals surface area contributed by atoms with Gasteiger partial charge in [-0.05, 0) is 53.9 Å². The number of benzene rings is 2. The third kappa shape index (κ3) is 6.32. The van der Waals surface area contributed by atoms with Crippen LogP contribution in [0, 0.1) is 0 Å². The Labute approximate surface area is 200 Å². The molecule has 0 saturated heterocycles. The Morgan fingerprint density at radius 1 is 0.886 bits per heavy atom. The van der Waals surface area contributed by atoms with E-state index >= 15 is 0 Å². The van der Waals surface area contributed by atoms with E-state index in [1.165, 1.54) is 12.1 Å². The van der Waals surface area contributed by atoms with Gasteiger partial charge in [0, 0.05) is 5.56 Å². The lowest BCUT2D eigenvalue weighted by Gasteiger charge is -2.38. The second kappa shape index (κ2) is 9.42. The summed E-state index contributed by atoms with van der Waals surface area (Å²) < 4.78 is 91.3. The summed E-state index contributed by atoms with van der Waals surface area (Å²) in [5, 5.41) is 7.00. The minimum Gasteiger partial charge on any atom is -0.417 e. The summed E-state index contributed by atoms with van der Waals surface area (Å²) in [6, 6.07) is 11.3. The highest BCUT2D eigenvalue weighted by Gasteiger charge is 2.51. The zero-order chi connectivity index (χ0) is 26.2. The van der Waals surface area contributed by atoms with Gasteiger partial charge < -0.3 is 8.84 Å². The molecule has 3 rings (SSSR count). The molecule has 190 valence electrons. The van der Waals surface area contributed by atoms with Crippen LogP contribution in [0.3, 0.4) is 0 Å². The molecule has 0 aliphatic carbocycles. The summed E-state index contributed by atoms with van der Waals surface area (Å²) in [4.78, 5) is 0. The SMILES string of the molecule is CC(C)(C)[Si](C)(C)OC(c1nnc(-c2ccccc2Cc2ccc(C(F)(F)F)cc2)o1)C(F)(F)F. The molecule has 0 aliphatic heterocycles. The van der Waals surface area contributed by atoms with Crippen molar-refractivity contribution in [1.82, 2.24) is 10.2 Å². The number of nitrogens with zero attached hydrogens (tertiary/aromatic N) is 2. The van der Waals surface area contributed by atoms with Crippen molar-refractivity contribution < 1.29 is 35.2 Å². The molecule has 4 nitrogen and oxygen atoms in total. The number of alkyl halides is 6. The molecule has 1 unspecified atom stereocenters. The highest BCUT2D eigenvalue weighted by atomic mass is 28.4. The molecule has 2 aromatic carbocycles. The second-order valence-electron chi connectivity index (χ2n) is 9.77. The predicted molar refractivity (Wildman–Crippen MR) is 121 cm³/mol. The molecule has 1 atom stereocenters. The normalized spacial score (nSPS) is 14.3. The third-order valence-electron chi connectivity index (χ3n) is 6.10. The van der Waals surface area contributed by atoms with Crippen LogP contribution in [0.4, 0.5) is 26.3 Å². The maximum atomic E-state index is 13.9. The maximum Gasteiger partial charge on any atom is 0.422 e. The van der Waals surface area contributed by atoms with Crippen LogP contribution in [0.15, 0.2) is 52.9 Å². The molecule has 3 aromatic rings. The van der Waals surface area contributed by atoms with Gasteiger partial charge in [0.2, 0.25) is 12.0 Å². The van der Waals surface area contributed by atoms with Gasteiger partial charge in [-0.1, -0.05) is 51.1 Å². The van der Waals surface area contributed by atoms with Crippen molar-refractivity contribution >= 4 is 8.32 Å². The van der Waals surface area contributed by atoms with E-state index in [9.17, 15) is 26.3 Å². The maximum absolute atomic E-state index is 13.9. The van der Waals surface area contributed by atoms with Gasteiger partial charge >= 0.3 is 12.4 Å². The van der Waals surface area contributed by atoms with Gasteiger partial charge in [0.1, 0.15) is 0 Å². The van der Waals surface area contributed by atoms with Gasteiger partial charge in [-0.3, -0.25) is 0 Å². The van der Waals surface area contributed by atoms with Crippen LogP contribution in [0.5, 0.6) is 0 Å². The molecule has 35 heavy (non-hydrogen) atoms. The quantitative estimate of drug-likeness (QED) is 0.246. The van der Waals surface area contributed by atoms with E-state index in [0.29, 0.717) is 16.7 Å². The van der Waals surface area contributed by atoms with E-state index in [4.69, 9.17) is 8.84 Å². The van der Waals surface area contributed by atoms with Crippen molar-refractivity contribution in [3.8, 4) is 11.5 Å². The molecular weight excluding hydrogens is 490 g/mol. The largest absolute Gasteiger partial charge is 0.422 e. The lowest BCUT2D eigenvalue weighted by atomic mass is 9.99. The van der Waals surface area contributed by atoms with Crippen molar-refractivity contribution in [3.05, 3.63) is 71.1 Å². The zero-order valence-electron chi connectivity index (χ0n) is 19.9. The molecule has 0 bridgehead atoms. The van der Waals surface area contributed by atoms with Crippen molar-refractivity contribution in [2.45, 2.75) is 63.8 Å². The van der Waals surface area contributed by atoms with E-state index < -0.39 is 43.3 Å². The topological polar surface area (TPSA) is 48.2 Å². The van der Waals surface area contributed by atoms with Gasteiger partial charge in [-0.2, -0.15) is 26.3 Å². The van der Waals surface area contributed by atoms with Crippen molar-refractivity contribution in [2.24, 2.45) is 0 Å². The summed E-state index contributed by atoms with van der Waals surface area (Å²) >= 11 is 0. The van der Waals surface area contributed by atoms with Crippen LogP contribution in [-0.4, -0.2) is 24.7 Å². The van der Waals surface area contributed by atoms with Gasteiger partial charge in [0.25, 0.3) is 5.89 Å². The summed E-state index contributed by atoms with van der Waals surface area (Å²) in [5.41, 5.74) is 0.811. The lowest BCUT2D eigenvalue weighted by Crippen LogP contribution is -2.44. The molecule has 0 N–H and O–H groups in total. The average Bonchev–Trinajstić information content (AvgIpc) is 3.20. The number of hydrogen-bond donors (Lipinski definition) is 0. The highest BCUT2D eigenvalue weighted by Crippen LogP contribution is 2.45. The van der Waals surface area contributed by atoms with E-state index in [1.54, 1.807) is 37.4 Å². The molecule has 0 radical (unpaired) electrons. The first-order valence-electron chi connectivity index (χ1n) is 10.8. The van der Waals surface area contributed by atoms with Crippen LogP contribution >= 0.6 is 0 Å². The first-order chi connectivity index (χ1) is 16.0. The van der Waals surface area contributed by atoms with Gasteiger partial charge in [-0.25, -0.2) is 0 Å². The number of halogens is 6. The van der Waals surface area contributed by atoms with Crippen molar-refractivity contribution in [3.63, 3.8) is 0 Å². The predicted octanol–water partition coefficient (Wildman–Crippen LogP) is 7.97. The Bertz CT molecular complexity index is 1150.